The van der Waals surface area contributed by atoms with Gasteiger partial charge in [0.05, 0.1) is 6.07 Å². The lowest BCUT2D eigenvalue weighted by Gasteiger charge is -2.51. The summed E-state index contributed by atoms with van der Waals surface area (Å²) in [6.45, 7) is 10.1. The monoisotopic (exact) mass is 283 g/mol. The normalized spacial score (nSPS) is 17.9. The highest BCUT2D eigenvalue weighted by Crippen LogP contribution is 2.59. The van der Waals surface area contributed by atoms with Crippen LogP contribution in [0.4, 0.5) is 0 Å². The number of hydrogen-bond acceptors (Lipinski definition) is 3. The molecule has 0 aliphatic rings. The molecule has 5 heteroatoms. The topological polar surface area (TPSA) is 98.4 Å². The van der Waals surface area contributed by atoms with Gasteiger partial charge in [-0.1, -0.05) is 41.5 Å². The minimum atomic E-state index is -1.97. The highest BCUT2D eigenvalue weighted by atomic mass is 16.4. The van der Waals surface area contributed by atoms with Crippen LogP contribution in [0.25, 0.3) is 0 Å². The van der Waals surface area contributed by atoms with Crippen molar-refractivity contribution in [2.45, 2.75) is 54.4 Å². The number of carbonyl (C=O) groups is 2. The van der Waals surface area contributed by atoms with Gasteiger partial charge < -0.3 is 10.2 Å². The smallest absolute Gasteiger partial charge is 0.325 e. The number of rotatable bonds is 7. The van der Waals surface area contributed by atoms with Gasteiger partial charge in [-0.25, -0.2) is 0 Å². The number of carboxylic acids is 2. The van der Waals surface area contributed by atoms with Gasteiger partial charge in [0.1, 0.15) is 5.41 Å². The van der Waals surface area contributed by atoms with Crippen LogP contribution < -0.4 is 0 Å². The van der Waals surface area contributed by atoms with Crippen LogP contribution in [0.2, 0.25) is 0 Å². The van der Waals surface area contributed by atoms with Crippen LogP contribution in [0.3, 0.4) is 0 Å². The van der Waals surface area contributed by atoms with Crippen LogP contribution in [0, 0.1) is 33.5 Å². The number of aliphatic carboxylic acids is 2. The van der Waals surface area contributed by atoms with E-state index in [9.17, 15) is 25.1 Å². The molecule has 0 saturated heterocycles. The molecule has 0 fully saturated rings. The first-order chi connectivity index (χ1) is 9.01. The molecule has 0 saturated carbocycles. The Morgan fingerprint density at radius 1 is 1.10 bits per heavy atom. The molecule has 0 heterocycles. The molecule has 0 aliphatic carbocycles. The van der Waals surface area contributed by atoms with Gasteiger partial charge in [0.15, 0.2) is 5.41 Å². The molecule has 0 aliphatic heterocycles. The van der Waals surface area contributed by atoms with Crippen molar-refractivity contribution in [3.8, 4) is 6.07 Å². The molecule has 0 radical (unpaired) electrons. The third-order valence-electron chi connectivity index (χ3n) is 4.99. The third kappa shape index (κ3) is 2.07. The van der Waals surface area contributed by atoms with Crippen LogP contribution in [0.5, 0.6) is 0 Å². The standard InChI is InChI=1S/C15H25NO4/c1-7-13(5,6)15(8-2,12(19)20)14(9-16,10(3)4)11(17)18/h10H,7-8H2,1-6H3,(H,17,18)(H,19,20). The molecule has 20 heavy (non-hydrogen) atoms. The zero-order valence-corrected chi connectivity index (χ0v) is 13.1. The molecule has 0 amide bonds. The van der Waals surface area contributed by atoms with E-state index < -0.39 is 34.1 Å². The molecule has 0 aromatic rings. The van der Waals surface area contributed by atoms with Gasteiger partial charge in [0, 0.05) is 0 Å². The first kappa shape index (κ1) is 18.4. The molecule has 0 rings (SSSR count). The molecular formula is C15H25NO4. The van der Waals surface area contributed by atoms with E-state index in [2.05, 4.69) is 0 Å². The van der Waals surface area contributed by atoms with Crippen molar-refractivity contribution < 1.29 is 19.8 Å². The molecule has 2 atom stereocenters. The fourth-order valence-electron chi connectivity index (χ4n) is 3.40. The van der Waals surface area contributed by atoms with Crippen molar-refractivity contribution >= 4 is 11.9 Å². The number of nitriles is 1. The lowest BCUT2D eigenvalue weighted by atomic mass is 9.47. The molecule has 2 N–H and O–H groups in total. The Kier molecular flexibility index (Phi) is 5.36. The summed E-state index contributed by atoms with van der Waals surface area (Å²) in [5, 5.41) is 29.1. The fourth-order valence-corrected chi connectivity index (χ4v) is 3.40. The van der Waals surface area contributed by atoms with E-state index in [1.54, 1.807) is 34.6 Å². The zero-order valence-electron chi connectivity index (χ0n) is 13.1. The van der Waals surface area contributed by atoms with Crippen LogP contribution >= 0.6 is 0 Å². The Morgan fingerprint density at radius 2 is 1.55 bits per heavy atom. The zero-order chi connectivity index (χ0) is 16.4. The fraction of sp³-hybridized carbons (Fsp3) is 0.800. The number of nitrogens with zero attached hydrogens (tertiary/aromatic N) is 1. The van der Waals surface area contributed by atoms with Crippen LogP contribution in [0.15, 0.2) is 0 Å². The highest BCUT2D eigenvalue weighted by molar-refractivity contribution is 5.90. The van der Waals surface area contributed by atoms with E-state index in [0.29, 0.717) is 6.42 Å². The maximum absolute atomic E-state index is 12.1. The van der Waals surface area contributed by atoms with E-state index in [4.69, 9.17) is 0 Å². The van der Waals surface area contributed by atoms with Gasteiger partial charge in [-0.2, -0.15) is 5.26 Å². The van der Waals surface area contributed by atoms with Crippen molar-refractivity contribution in [3.05, 3.63) is 0 Å². The van der Waals surface area contributed by atoms with E-state index in [-0.39, 0.29) is 6.42 Å². The van der Waals surface area contributed by atoms with E-state index in [1.165, 1.54) is 0 Å². The second kappa shape index (κ2) is 5.82. The summed E-state index contributed by atoms with van der Waals surface area (Å²) < 4.78 is 0. The number of carboxylic acid groups (broad SMARTS) is 2. The maximum Gasteiger partial charge on any atom is 0.325 e. The molecule has 114 valence electrons. The predicted molar refractivity (Wildman–Crippen MR) is 75.0 cm³/mol. The van der Waals surface area contributed by atoms with Gasteiger partial charge >= 0.3 is 11.9 Å². The Bertz CT molecular complexity index is 436. The first-order valence-electron chi connectivity index (χ1n) is 6.89. The SMILES string of the molecule is CCC(C)(C)C(CC)(C(=O)O)C(C#N)(C(=O)O)C(C)C. The Balaban J connectivity index is 6.75. The van der Waals surface area contributed by atoms with Gasteiger partial charge in [-0.15, -0.1) is 0 Å². The highest BCUT2D eigenvalue weighted by Gasteiger charge is 2.68. The molecular weight excluding hydrogens is 258 g/mol. The first-order valence-corrected chi connectivity index (χ1v) is 6.89. The van der Waals surface area contributed by atoms with Crippen molar-refractivity contribution in [1.82, 2.24) is 0 Å². The largest absolute Gasteiger partial charge is 0.481 e. The van der Waals surface area contributed by atoms with Gasteiger partial charge in [-0.3, -0.25) is 9.59 Å². The molecule has 0 bridgehead atoms. The van der Waals surface area contributed by atoms with Gasteiger partial charge in [0.2, 0.25) is 0 Å². The second-order valence-corrected chi connectivity index (χ2v) is 6.18. The summed E-state index contributed by atoms with van der Waals surface area (Å²) in [7, 11) is 0. The average molecular weight is 283 g/mol. The van der Waals surface area contributed by atoms with Crippen LogP contribution in [0.1, 0.15) is 54.4 Å². The summed E-state index contributed by atoms with van der Waals surface area (Å²) in [5.74, 6) is -3.20. The molecule has 0 spiro atoms. The summed E-state index contributed by atoms with van der Waals surface area (Å²) in [5.41, 5.74) is -4.44. The van der Waals surface area contributed by atoms with Crippen molar-refractivity contribution in [1.29, 1.82) is 5.26 Å². The van der Waals surface area contributed by atoms with E-state index in [1.807, 2.05) is 13.0 Å². The van der Waals surface area contributed by atoms with Gasteiger partial charge in [-0.05, 0) is 24.2 Å². The van der Waals surface area contributed by atoms with E-state index in [0.717, 1.165) is 0 Å². The Hall–Kier alpha value is -1.57. The molecule has 2 unspecified atom stereocenters. The molecule has 0 aromatic heterocycles. The minimum absolute atomic E-state index is 0.0845. The summed E-state index contributed by atoms with van der Waals surface area (Å²) in [6, 6.07) is 1.85. The third-order valence-corrected chi connectivity index (χ3v) is 4.99. The summed E-state index contributed by atoms with van der Waals surface area (Å²) in [4.78, 5) is 23.9. The van der Waals surface area contributed by atoms with E-state index >= 15 is 0 Å². The quantitative estimate of drug-likeness (QED) is 0.747. The second-order valence-electron chi connectivity index (χ2n) is 6.18. The van der Waals surface area contributed by atoms with Crippen LogP contribution in [-0.2, 0) is 9.59 Å². The maximum atomic E-state index is 12.1. The van der Waals surface area contributed by atoms with Crippen molar-refractivity contribution in [3.63, 3.8) is 0 Å². The van der Waals surface area contributed by atoms with Crippen molar-refractivity contribution in [2.75, 3.05) is 0 Å². The number of hydrogen-bond donors (Lipinski definition) is 2. The van der Waals surface area contributed by atoms with Gasteiger partial charge in [0.25, 0.3) is 0 Å². The molecule has 0 aromatic carbocycles. The minimum Gasteiger partial charge on any atom is -0.481 e. The van der Waals surface area contributed by atoms with Crippen LogP contribution in [-0.4, -0.2) is 22.2 Å². The van der Waals surface area contributed by atoms with Crippen molar-refractivity contribution in [2.24, 2.45) is 22.2 Å². The lowest BCUT2D eigenvalue weighted by Crippen LogP contribution is -2.61. The lowest BCUT2D eigenvalue weighted by molar-refractivity contribution is -0.187. The Morgan fingerprint density at radius 3 is 1.70 bits per heavy atom. The average Bonchev–Trinajstić information content (AvgIpc) is 2.33. The summed E-state index contributed by atoms with van der Waals surface area (Å²) >= 11 is 0. The Labute approximate surface area is 120 Å². The predicted octanol–water partition coefficient (Wildman–Crippen LogP) is 3.15. The summed E-state index contributed by atoms with van der Waals surface area (Å²) in [6.07, 6.45) is 0.553. The molecule has 5 nitrogen and oxygen atoms in total.